The molecule has 1 atom stereocenters. The van der Waals surface area contributed by atoms with Crippen LogP contribution < -0.4 is 10.1 Å². The van der Waals surface area contributed by atoms with Crippen LogP contribution in [0.15, 0.2) is 59.0 Å². The number of hydrogen-bond donors (Lipinski definition) is 1. The molecule has 0 radical (unpaired) electrons. The van der Waals surface area contributed by atoms with Crippen molar-refractivity contribution in [2.45, 2.75) is 25.3 Å². The van der Waals surface area contributed by atoms with Crippen LogP contribution in [0.4, 0.5) is 0 Å². The molecule has 28 heavy (non-hydrogen) atoms. The Hall–Kier alpha value is -2.79. The number of amides is 1. The summed E-state index contributed by atoms with van der Waals surface area (Å²) in [6, 6.07) is 17.7. The Kier molecular flexibility index (Phi) is 5.63. The third kappa shape index (κ3) is 4.04. The standard InChI is InChI=1S/C23H26N2O3/c1-27-19-11-9-17(10-12-19)20(25-13-5-2-6-14-25)16-24-23(26)22-15-18-7-3-4-8-21(18)28-22/h3-4,7-12,15,20H,2,5-6,13-14,16H2,1H3,(H,24,26)/t20-/m1/s1. The first-order valence-corrected chi connectivity index (χ1v) is 9.89. The second kappa shape index (κ2) is 8.48. The Bertz CT molecular complexity index is 893. The van der Waals surface area contributed by atoms with Crippen molar-refractivity contribution in [3.05, 3.63) is 65.9 Å². The van der Waals surface area contributed by atoms with Gasteiger partial charge in [-0.1, -0.05) is 36.8 Å². The summed E-state index contributed by atoms with van der Waals surface area (Å²) in [5.41, 5.74) is 1.92. The molecule has 0 spiro atoms. The number of furan rings is 1. The number of ether oxygens (including phenoxy) is 1. The van der Waals surface area contributed by atoms with Gasteiger partial charge in [-0.2, -0.15) is 0 Å². The number of nitrogens with zero attached hydrogens (tertiary/aromatic N) is 1. The van der Waals surface area contributed by atoms with Crippen LogP contribution in [-0.4, -0.2) is 37.6 Å². The fraction of sp³-hybridized carbons (Fsp3) is 0.348. The van der Waals surface area contributed by atoms with Gasteiger partial charge in [-0.15, -0.1) is 0 Å². The van der Waals surface area contributed by atoms with Crippen LogP contribution >= 0.6 is 0 Å². The molecule has 3 aromatic rings. The summed E-state index contributed by atoms with van der Waals surface area (Å²) in [5.74, 6) is 1.02. The lowest BCUT2D eigenvalue weighted by molar-refractivity contribution is 0.0899. The van der Waals surface area contributed by atoms with E-state index in [0.29, 0.717) is 12.3 Å². The predicted octanol–water partition coefficient (Wildman–Crippen LogP) is 4.40. The zero-order valence-electron chi connectivity index (χ0n) is 16.2. The number of carbonyl (C=O) groups is 1. The normalized spacial score (nSPS) is 16.0. The van der Waals surface area contributed by atoms with Crippen molar-refractivity contribution < 1.29 is 13.9 Å². The molecule has 0 bridgehead atoms. The topological polar surface area (TPSA) is 54.7 Å². The van der Waals surface area contributed by atoms with Gasteiger partial charge in [0.25, 0.3) is 5.91 Å². The average molecular weight is 378 g/mol. The molecule has 1 aliphatic rings. The molecule has 2 aromatic carbocycles. The number of nitrogens with one attached hydrogen (secondary N) is 1. The van der Waals surface area contributed by atoms with E-state index in [1.165, 1.54) is 24.8 Å². The zero-order chi connectivity index (χ0) is 19.3. The number of rotatable bonds is 6. The molecule has 146 valence electrons. The van der Waals surface area contributed by atoms with Gasteiger partial charge in [0.15, 0.2) is 5.76 Å². The first-order valence-electron chi connectivity index (χ1n) is 9.89. The molecule has 1 amide bonds. The van der Waals surface area contributed by atoms with Gasteiger partial charge >= 0.3 is 0 Å². The molecule has 1 N–H and O–H groups in total. The Morgan fingerprint density at radius 1 is 1.11 bits per heavy atom. The van der Waals surface area contributed by atoms with Gasteiger partial charge in [0.05, 0.1) is 13.2 Å². The highest BCUT2D eigenvalue weighted by Gasteiger charge is 2.23. The molecule has 5 nitrogen and oxygen atoms in total. The zero-order valence-corrected chi connectivity index (χ0v) is 16.2. The Morgan fingerprint density at radius 3 is 2.57 bits per heavy atom. The number of benzene rings is 2. The van der Waals surface area contributed by atoms with Gasteiger partial charge in [0, 0.05) is 11.9 Å². The van der Waals surface area contributed by atoms with Gasteiger partial charge in [0.2, 0.25) is 0 Å². The van der Waals surface area contributed by atoms with E-state index in [0.717, 1.165) is 29.8 Å². The maximum absolute atomic E-state index is 12.7. The van der Waals surface area contributed by atoms with E-state index >= 15 is 0 Å². The summed E-state index contributed by atoms with van der Waals surface area (Å²) in [6.07, 6.45) is 3.67. The maximum Gasteiger partial charge on any atom is 0.287 e. The summed E-state index contributed by atoms with van der Waals surface area (Å²) >= 11 is 0. The third-order valence-corrected chi connectivity index (χ3v) is 5.44. The first kappa shape index (κ1) is 18.6. The van der Waals surface area contributed by atoms with E-state index in [1.807, 2.05) is 36.4 Å². The first-order chi connectivity index (χ1) is 13.7. The summed E-state index contributed by atoms with van der Waals surface area (Å²) in [4.78, 5) is 15.2. The summed E-state index contributed by atoms with van der Waals surface area (Å²) < 4.78 is 11.0. The van der Waals surface area contributed by atoms with Crippen LogP contribution in [0.25, 0.3) is 11.0 Å². The van der Waals surface area contributed by atoms with Crippen molar-refractivity contribution in [1.82, 2.24) is 10.2 Å². The molecular weight excluding hydrogens is 352 g/mol. The van der Waals surface area contributed by atoms with E-state index < -0.39 is 0 Å². The minimum atomic E-state index is -0.174. The Morgan fingerprint density at radius 2 is 1.86 bits per heavy atom. The maximum atomic E-state index is 12.7. The summed E-state index contributed by atoms with van der Waals surface area (Å²) in [7, 11) is 1.67. The van der Waals surface area contributed by atoms with Crippen molar-refractivity contribution in [3.8, 4) is 5.75 Å². The Labute approximate surface area is 165 Å². The van der Waals surface area contributed by atoms with Gasteiger partial charge in [-0.05, 0) is 55.8 Å². The predicted molar refractivity (Wildman–Crippen MR) is 110 cm³/mol. The van der Waals surface area contributed by atoms with Crippen LogP contribution in [0.3, 0.4) is 0 Å². The Balaban J connectivity index is 1.50. The molecule has 5 heteroatoms. The number of hydrogen-bond acceptors (Lipinski definition) is 4. The number of fused-ring (bicyclic) bond motifs is 1. The number of methoxy groups -OCH3 is 1. The molecule has 0 unspecified atom stereocenters. The molecule has 0 saturated carbocycles. The van der Waals surface area contributed by atoms with Crippen molar-refractivity contribution >= 4 is 16.9 Å². The fourth-order valence-corrected chi connectivity index (χ4v) is 3.88. The second-order valence-corrected chi connectivity index (χ2v) is 7.24. The van der Waals surface area contributed by atoms with Crippen molar-refractivity contribution in [3.63, 3.8) is 0 Å². The van der Waals surface area contributed by atoms with Gasteiger partial charge in [0.1, 0.15) is 11.3 Å². The van der Waals surface area contributed by atoms with Gasteiger partial charge in [-0.25, -0.2) is 0 Å². The van der Waals surface area contributed by atoms with Crippen LogP contribution in [0.5, 0.6) is 5.75 Å². The monoisotopic (exact) mass is 378 g/mol. The number of para-hydroxylation sites is 1. The molecule has 1 fully saturated rings. The van der Waals surface area contributed by atoms with Crippen LogP contribution in [0, 0.1) is 0 Å². The molecule has 0 aliphatic carbocycles. The minimum Gasteiger partial charge on any atom is -0.497 e. The minimum absolute atomic E-state index is 0.138. The highest BCUT2D eigenvalue weighted by molar-refractivity contribution is 5.96. The largest absolute Gasteiger partial charge is 0.497 e. The lowest BCUT2D eigenvalue weighted by atomic mass is 10.0. The number of carbonyl (C=O) groups excluding carboxylic acids is 1. The quantitative estimate of drug-likeness (QED) is 0.691. The van der Waals surface area contributed by atoms with Gasteiger partial charge in [-0.3, -0.25) is 9.69 Å². The number of piperidine rings is 1. The SMILES string of the molecule is COc1ccc([C@@H](CNC(=O)c2cc3ccccc3o2)N2CCCCC2)cc1. The molecule has 4 rings (SSSR count). The highest BCUT2D eigenvalue weighted by Crippen LogP contribution is 2.26. The lowest BCUT2D eigenvalue weighted by Gasteiger charge is -2.35. The molecule has 2 heterocycles. The van der Waals surface area contributed by atoms with Crippen molar-refractivity contribution in [2.75, 3.05) is 26.7 Å². The van der Waals surface area contributed by atoms with Crippen molar-refractivity contribution in [1.29, 1.82) is 0 Å². The average Bonchev–Trinajstić information content (AvgIpc) is 3.19. The highest BCUT2D eigenvalue weighted by atomic mass is 16.5. The fourth-order valence-electron chi connectivity index (χ4n) is 3.88. The van der Waals surface area contributed by atoms with E-state index in [4.69, 9.17) is 9.15 Å². The molecular formula is C23H26N2O3. The smallest absolute Gasteiger partial charge is 0.287 e. The van der Waals surface area contributed by atoms with E-state index in [1.54, 1.807) is 13.2 Å². The van der Waals surface area contributed by atoms with E-state index in [2.05, 4.69) is 22.3 Å². The van der Waals surface area contributed by atoms with Crippen molar-refractivity contribution in [2.24, 2.45) is 0 Å². The van der Waals surface area contributed by atoms with Crippen LogP contribution in [0.2, 0.25) is 0 Å². The third-order valence-electron chi connectivity index (χ3n) is 5.44. The van der Waals surface area contributed by atoms with Crippen LogP contribution in [-0.2, 0) is 0 Å². The summed E-state index contributed by atoms with van der Waals surface area (Å²) in [5, 5.41) is 4.02. The lowest BCUT2D eigenvalue weighted by Crippen LogP contribution is -2.40. The summed E-state index contributed by atoms with van der Waals surface area (Å²) in [6.45, 7) is 2.65. The van der Waals surface area contributed by atoms with Crippen LogP contribution in [0.1, 0.15) is 41.4 Å². The van der Waals surface area contributed by atoms with E-state index in [9.17, 15) is 4.79 Å². The molecule has 1 aromatic heterocycles. The van der Waals surface area contributed by atoms with E-state index in [-0.39, 0.29) is 11.9 Å². The molecule has 1 saturated heterocycles. The second-order valence-electron chi connectivity index (χ2n) is 7.24. The van der Waals surface area contributed by atoms with Gasteiger partial charge < -0.3 is 14.5 Å². The molecule has 1 aliphatic heterocycles. The number of likely N-dealkylation sites (tertiary alicyclic amines) is 1.